The summed E-state index contributed by atoms with van der Waals surface area (Å²) < 4.78 is 5.26. The average molecular weight is 769 g/mol. The van der Waals surface area contributed by atoms with Gasteiger partial charge in [-0.2, -0.15) is 0 Å². The molecule has 0 aromatic carbocycles. The highest BCUT2D eigenvalue weighted by molar-refractivity contribution is 6.06. The molecule has 0 saturated carbocycles. The van der Waals surface area contributed by atoms with E-state index < -0.39 is 5.97 Å². The number of aromatic amines is 2. The summed E-state index contributed by atoms with van der Waals surface area (Å²) in [6.07, 6.45) is 1.37. The average Bonchev–Trinajstić information content (AvgIpc) is 3.82. The molecule has 0 radical (unpaired) electrons. The fourth-order valence-electron chi connectivity index (χ4n) is 8.12. The number of nitrogens with one attached hydrogen (secondary N) is 4. The third kappa shape index (κ3) is 9.05. The molecule has 8 bridgehead atoms. The SMILES string of the molecule is CC[C@H]1c2cc3[nH]c(c(CC(=O)OC)c4nc(cc5[nH]c(cc(n2)[C@@H]1C)c(C(C)=O)c5C)[C@@H](C)[C@@H]4CCC(=O)NCCN(C)C)c(C(=O)NCCN(C)C)c3C. The second-order valence-corrected chi connectivity index (χ2v) is 15.9. The lowest BCUT2D eigenvalue weighted by atomic mass is 9.85. The van der Waals surface area contributed by atoms with Crippen molar-refractivity contribution in [2.45, 2.75) is 90.9 Å². The van der Waals surface area contributed by atoms with Crippen LogP contribution in [0.4, 0.5) is 0 Å². The largest absolute Gasteiger partial charge is 0.469 e. The van der Waals surface area contributed by atoms with Crippen molar-refractivity contribution in [1.29, 1.82) is 0 Å². The number of rotatable bonds is 14. The lowest BCUT2D eigenvalue weighted by Gasteiger charge is -2.18. The Morgan fingerprint density at radius 3 is 1.98 bits per heavy atom. The molecule has 13 nitrogen and oxygen atoms in total. The first-order valence-corrected chi connectivity index (χ1v) is 19.7. The van der Waals surface area contributed by atoms with Crippen molar-refractivity contribution in [3.05, 3.63) is 68.8 Å². The summed E-state index contributed by atoms with van der Waals surface area (Å²) in [4.78, 5) is 75.5. The Morgan fingerprint density at radius 1 is 0.786 bits per heavy atom. The second-order valence-electron chi connectivity index (χ2n) is 15.9. The molecule has 0 unspecified atom stereocenters. The zero-order valence-electron chi connectivity index (χ0n) is 35.0. The number of aromatic nitrogens is 4. The van der Waals surface area contributed by atoms with Crippen molar-refractivity contribution in [3.63, 3.8) is 0 Å². The minimum Gasteiger partial charge on any atom is -0.469 e. The van der Waals surface area contributed by atoms with E-state index in [1.54, 1.807) is 6.92 Å². The van der Waals surface area contributed by atoms with Gasteiger partial charge in [-0.25, -0.2) is 0 Å². The third-order valence-electron chi connectivity index (χ3n) is 11.4. The first kappa shape index (κ1) is 42.3. The summed E-state index contributed by atoms with van der Waals surface area (Å²) in [6, 6.07) is 5.98. The molecule has 0 spiro atoms. The Hall–Kier alpha value is -4.88. The number of methoxy groups -OCH3 is 1. The molecule has 0 aliphatic carbocycles. The van der Waals surface area contributed by atoms with Gasteiger partial charge in [-0.15, -0.1) is 0 Å². The van der Waals surface area contributed by atoms with Gasteiger partial charge in [-0.3, -0.25) is 29.1 Å². The van der Waals surface area contributed by atoms with Gasteiger partial charge in [0.05, 0.1) is 35.8 Å². The Bertz CT molecular complexity index is 2150. The molecular weight excluding hydrogens is 709 g/mol. The van der Waals surface area contributed by atoms with Crippen molar-refractivity contribution in [3.8, 4) is 0 Å². The van der Waals surface area contributed by atoms with Gasteiger partial charge in [0, 0.05) is 95.5 Å². The summed E-state index contributed by atoms with van der Waals surface area (Å²) in [5, 5.41) is 6.12. The molecule has 2 amide bonds. The number of H-pyrrole nitrogens is 2. The molecule has 2 aliphatic heterocycles. The molecule has 5 rings (SSSR count). The summed E-state index contributed by atoms with van der Waals surface area (Å²) in [7, 11) is 9.16. The molecule has 3 aromatic heterocycles. The first-order valence-electron chi connectivity index (χ1n) is 19.7. The highest BCUT2D eigenvalue weighted by Gasteiger charge is 2.34. The van der Waals surface area contributed by atoms with Crippen molar-refractivity contribution in [2.75, 3.05) is 61.5 Å². The number of carbonyl (C=O) groups excluding carboxylic acids is 4. The molecule has 0 saturated heterocycles. The molecule has 4 atom stereocenters. The lowest BCUT2D eigenvalue weighted by molar-refractivity contribution is -0.139. The van der Waals surface area contributed by atoms with Crippen LogP contribution in [-0.2, 0) is 20.7 Å². The normalized spacial score (nSPS) is 18.0. The van der Waals surface area contributed by atoms with Gasteiger partial charge in [0.2, 0.25) is 5.91 Å². The van der Waals surface area contributed by atoms with Gasteiger partial charge >= 0.3 is 5.97 Å². The molecule has 5 heterocycles. The number of hydrogen-bond acceptors (Lipinski definition) is 9. The summed E-state index contributed by atoms with van der Waals surface area (Å²) >= 11 is 0. The van der Waals surface area contributed by atoms with Crippen LogP contribution in [0.5, 0.6) is 0 Å². The minimum atomic E-state index is -0.482. The lowest BCUT2D eigenvalue weighted by Crippen LogP contribution is -2.31. The number of Topliss-reactive ketones (excluding diaryl/α,β-unsaturated/α-hetero) is 1. The van der Waals surface area contributed by atoms with Crippen LogP contribution in [0.1, 0.15) is 131 Å². The number of ether oxygens (including phenoxy) is 1. The Kier molecular flexibility index (Phi) is 13.5. The highest BCUT2D eigenvalue weighted by atomic mass is 16.5. The van der Waals surface area contributed by atoms with Crippen LogP contribution < -0.4 is 10.6 Å². The van der Waals surface area contributed by atoms with E-state index in [0.29, 0.717) is 71.5 Å². The Balaban J connectivity index is 1.89. The van der Waals surface area contributed by atoms with E-state index in [1.165, 1.54) is 7.11 Å². The Labute approximate surface area is 330 Å². The Morgan fingerprint density at radius 2 is 1.36 bits per heavy atom. The van der Waals surface area contributed by atoms with Gasteiger partial charge in [0.25, 0.3) is 5.91 Å². The van der Waals surface area contributed by atoms with Crippen molar-refractivity contribution >= 4 is 45.6 Å². The molecule has 4 N–H and O–H groups in total. The number of nitrogens with zero attached hydrogens (tertiary/aromatic N) is 4. The fourth-order valence-corrected chi connectivity index (χ4v) is 8.12. The molecule has 13 heteroatoms. The molecule has 2 aliphatic rings. The number of fused-ring (bicyclic) bond motifs is 8. The van der Waals surface area contributed by atoms with Crippen molar-refractivity contribution < 1.29 is 23.9 Å². The summed E-state index contributed by atoms with van der Waals surface area (Å²) in [6.45, 7) is 14.1. The van der Waals surface area contributed by atoms with Gasteiger partial charge in [0.1, 0.15) is 0 Å². The highest BCUT2D eigenvalue weighted by Crippen LogP contribution is 2.43. The van der Waals surface area contributed by atoms with E-state index in [0.717, 1.165) is 40.1 Å². The first-order chi connectivity index (χ1) is 26.6. The molecular formula is C43H60N8O5. The molecule has 302 valence electrons. The quantitative estimate of drug-likeness (QED) is 0.118. The zero-order valence-corrected chi connectivity index (χ0v) is 35.0. The van der Waals surface area contributed by atoms with Crippen LogP contribution >= 0.6 is 0 Å². The molecule has 3 aromatic rings. The van der Waals surface area contributed by atoms with Crippen LogP contribution in [0.2, 0.25) is 0 Å². The third-order valence-corrected chi connectivity index (χ3v) is 11.4. The molecule has 0 fully saturated rings. The maximum Gasteiger partial charge on any atom is 0.310 e. The van der Waals surface area contributed by atoms with Crippen LogP contribution in [0.3, 0.4) is 0 Å². The number of likely N-dealkylation sites (N-methyl/N-ethyl adjacent to an activating group) is 2. The zero-order chi connectivity index (χ0) is 41.0. The van der Waals surface area contributed by atoms with Crippen molar-refractivity contribution in [2.24, 2.45) is 0 Å². The summed E-state index contributed by atoms with van der Waals surface area (Å²) in [5.41, 5.74) is 8.84. The summed E-state index contributed by atoms with van der Waals surface area (Å²) in [5.74, 6) is -1.18. The minimum absolute atomic E-state index is 0.0530. The maximum atomic E-state index is 14.3. The predicted octanol–water partition coefficient (Wildman–Crippen LogP) is 5.78. The molecule has 56 heavy (non-hydrogen) atoms. The number of esters is 1. The van der Waals surface area contributed by atoms with Crippen LogP contribution in [0.15, 0.2) is 18.2 Å². The number of carbonyl (C=O) groups is 4. The number of aryl methyl sites for hydroxylation is 2. The second kappa shape index (κ2) is 17.9. The monoisotopic (exact) mass is 768 g/mol. The van der Waals surface area contributed by atoms with E-state index in [9.17, 15) is 19.2 Å². The topological polar surface area (TPSA) is 165 Å². The van der Waals surface area contributed by atoms with E-state index in [2.05, 4.69) is 41.4 Å². The smallest absolute Gasteiger partial charge is 0.310 e. The van der Waals surface area contributed by atoms with E-state index in [4.69, 9.17) is 14.7 Å². The van der Waals surface area contributed by atoms with E-state index in [-0.39, 0.29) is 54.1 Å². The van der Waals surface area contributed by atoms with Crippen molar-refractivity contribution in [1.82, 2.24) is 40.4 Å². The predicted molar refractivity (Wildman–Crippen MR) is 220 cm³/mol. The van der Waals surface area contributed by atoms with Gasteiger partial charge in [-0.1, -0.05) is 20.8 Å². The maximum absolute atomic E-state index is 14.3. The number of hydrogen-bond donors (Lipinski definition) is 4. The number of amides is 2. The van der Waals surface area contributed by atoms with E-state index in [1.807, 2.05) is 70.0 Å². The van der Waals surface area contributed by atoms with Crippen LogP contribution in [-0.4, -0.2) is 115 Å². The van der Waals surface area contributed by atoms with E-state index >= 15 is 0 Å². The van der Waals surface area contributed by atoms with Gasteiger partial charge in [0.15, 0.2) is 5.78 Å². The van der Waals surface area contributed by atoms with Gasteiger partial charge < -0.3 is 35.1 Å². The van der Waals surface area contributed by atoms with Crippen LogP contribution in [0.25, 0.3) is 22.1 Å². The fraction of sp³-hybridized carbons (Fsp3) is 0.535. The van der Waals surface area contributed by atoms with Crippen LogP contribution in [0, 0.1) is 13.8 Å². The van der Waals surface area contributed by atoms with Gasteiger partial charge in [-0.05, 0) is 91.1 Å². The standard InChI is InChI=1S/C43H60N8O5/c1-12-28-23(2)31-22-36-39(27(6)52)25(4)33(47-36)20-32-24(3)29(13-14-37(53)44-15-17-50(7)8)41(48-32)30(19-38(54)56-11)42-40(43(55)45-16-18-51(9)10)26(5)34(49-42)21-35(28)46-31/h20-24,28-29,47,49H,12-19H2,1-11H3,(H,44,53)(H,45,55)/t23-,24+,28-,29+/m1/s1. The number of ketones is 1.